The summed E-state index contributed by atoms with van der Waals surface area (Å²) in [4.78, 5) is 11.1. The van der Waals surface area contributed by atoms with Crippen LogP contribution < -0.4 is 10.5 Å². The van der Waals surface area contributed by atoms with Crippen molar-refractivity contribution in [3.8, 4) is 16.9 Å². The molecule has 0 spiro atoms. The number of carbonyl (C=O) groups is 1. The van der Waals surface area contributed by atoms with E-state index in [1.165, 1.54) is 13.2 Å². The fourth-order valence-electron chi connectivity index (χ4n) is 1.95. The largest absolute Gasteiger partial charge is 0.495 e. The SMILES string of the molecule is COc1c(Cl)cc(Cl)cc1-c1cccc(C(=O)O)c1N. The minimum absolute atomic E-state index is 0.0145. The summed E-state index contributed by atoms with van der Waals surface area (Å²) in [6.45, 7) is 0. The van der Waals surface area contributed by atoms with E-state index in [0.717, 1.165) is 0 Å². The number of aromatic carboxylic acids is 1. The van der Waals surface area contributed by atoms with Crippen molar-refractivity contribution in [1.29, 1.82) is 0 Å². The molecule has 0 saturated heterocycles. The molecule has 2 aromatic rings. The number of carboxylic acids is 1. The number of hydrogen-bond acceptors (Lipinski definition) is 3. The predicted molar refractivity (Wildman–Crippen MR) is 79.8 cm³/mol. The molecule has 104 valence electrons. The molecule has 0 saturated carbocycles. The maximum absolute atomic E-state index is 11.1. The molecule has 2 aromatic carbocycles. The van der Waals surface area contributed by atoms with Crippen LogP contribution in [0.2, 0.25) is 10.0 Å². The Labute approximate surface area is 125 Å². The van der Waals surface area contributed by atoms with Crippen molar-refractivity contribution in [2.75, 3.05) is 12.8 Å². The number of nitrogen functional groups attached to an aromatic ring is 1. The molecule has 0 atom stereocenters. The fourth-order valence-corrected chi connectivity index (χ4v) is 2.53. The highest BCUT2D eigenvalue weighted by Gasteiger charge is 2.17. The number of hydrogen-bond donors (Lipinski definition) is 2. The third-order valence-corrected chi connectivity index (χ3v) is 3.34. The summed E-state index contributed by atoms with van der Waals surface area (Å²) in [5, 5.41) is 9.85. The Morgan fingerprint density at radius 2 is 1.95 bits per heavy atom. The zero-order chi connectivity index (χ0) is 14.9. The lowest BCUT2D eigenvalue weighted by molar-refractivity contribution is 0.0698. The predicted octanol–water partition coefficient (Wildman–Crippen LogP) is 3.95. The molecule has 0 fully saturated rings. The van der Waals surface area contributed by atoms with Gasteiger partial charge in [0.25, 0.3) is 0 Å². The van der Waals surface area contributed by atoms with Crippen LogP contribution in [0, 0.1) is 0 Å². The lowest BCUT2D eigenvalue weighted by Crippen LogP contribution is -2.04. The summed E-state index contributed by atoms with van der Waals surface area (Å²) in [6.07, 6.45) is 0. The van der Waals surface area contributed by atoms with Gasteiger partial charge in [-0.25, -0.2) is 4.79 Å². The second kappa shape index (κ2) is 5.61. The fraction of sp³-hybridized carbons (Fsp3) is 0.0714. The van der Waals surface area contributed by atoms with E-state index < -0.39 is 5.97 Å². The molecule has 6 heteroatoms. The molecule has 0 aliphatic heterocycles. The van der Waals surface area contributed by atoms with Crippen LogP contribution in [-0.2, 0) is 0 Å². The molecule has 0 aromatic heterocycles. The number of rotatable bonds is 3. The van der Waals surface area contributed by atoms with Crippen LogP contribution >= 0.6 is 23.2 Å². The third kappa shape index (κ3) is 2.53. The van der Waals surface area contributed by atoms with Crippen LogP contribution in [0.5, 0.6) is 5.75 Å². The van der Waals surface area contributed by atoms with Gasteiger partial charge < -0.3 is 15.6 Å². The molecule has 2 rings (SSSR count). The maximum atomic E-state index is 11.1. The standard InChI is InChI=1S/C14H11Cl2NO3/c1-20-13-10(5-7(15)6-11(13)16)8-3-2-4-9(12(8)17)14(18)19/h2-6H,17H2,1H3,(H,18,19). The van der Waals surface area contributed by atoms with Crippen LogP contribution in [0.15, 0.2) is 30.3 Å². The van der Waals surface area contributed by atoms with E-state index in [9.17, 15) is 4.79 Å². The topological polar surface area (TPSA) is 72.5 Å². The Morgan fingerprint density at radius 1 is 1.25 bits per heavy atom. The quantitative estimate of drug-likeness (QED) is 0.842. The summed E-state index contributed by atoms with van der Waals surface area (Å²) < 4.78 is 5.25. The van der Waals surface area contributed by atoms with Gasteiger partial charge in [0.1, 0.15) is 5.75 Å². The monoisotopic (exact) mass is 311 g/mol. The first-order valence-corrected chi connectivity index (χ1v) is 6.36. The summed E-state index contributed by atoms with van der Waals surface area (Å²) in [5.74, 6) is -0.707. The lowest BCUT2D eigenvalue weighted by Gasteiger charge is -2.14. The van der Waals surface area contributed by atoms with Gasteiger partial charge in [-0.05, 0) is 18.2 Å². The van der Waals surface area contributed by atoms with Crippen LogP contribution in [-0.4, -0.2) is 18.2 Å². The second-order valence-electron chi connectivity index (χ2n) is 4.04. The minimum Gasteiger partial charge on any atom is -0.495 e. The molecule has 0 amide bonds. The third-order valence-electron chi connectivity index (χ3n) is 2.84. The average Bonchev–Trinajstić information content (AvgIpc) is 2.37. The van der Waals surface area contributed by atoms with Gasteiger partial charge in [-0.15, -0.1) is 0 Å². The first-order chi connectivity index (χ1) is 9.45. The lowest BCUT2D eigenvalue weighted by atomic mass is 9.99. The molecular formula is C14H11Cl2NO3. The van der Waals surface area contributed by atoms with Gasteiger partial charge in [-0.2, -0.15) is 0 Å². The number of para-hydroxylation sites is 1. The van der Waals surface area contributed by atoms with Crippen molar-refractivity contribution >= 4 is 34.9 Å². The van der Waals surface area contributed by atoms with Gasteiger partial charge in [0.15, 0.2) is 0 Å². The van der Waals surface area contributed by atoms with Gasteiger partial charge in [-0.1, -0.05) is 35.3 Å². The average molecular weight is 312 g/mol. The Kier molecular flexibility index (Phi) is 4.06. The molecule has 3 N–H and O–H groups in total. The Hall–Kier alpha value is -1.91. The van der Waals surface area contributed by atoms with Crippen molar-refractivity contribution < 1.29 is 14.6 Å². The number of benzene rings is 2. The van der Waals surface area contributed by atoms with Crippen molar-refractivity contribution in [2.24, 2.45) is 0 Å². The number of nitrogens with two attached hydrogens (primary N) is 1. The highest BCUT2D eigenvalue weighted by molar-refractivity contribution is 6.36. The van der Waals surface area contributed by atoms with Crippen LogP contribution in [0.4, 0.5) is 5.69 Å². The van der Waals surface area contributed by atoms with Gasteiger partial charge in [0, 0.05) is 16.1 Å². The summed E-state index contributed by atoms with van der Waals surface area (Å²) in [5.41, 5.74) is 7.12. The van der Waals surface area contributed by atoms with Gasteiger partial charge in [0.2, 0.25) is 0 Å². The number of halogens is 2. The van der Waals surface area contributed by atoms with Gasteiger partial charge >= 0.3 is 5.97 Å². The Morgan fingerprint density at radius 3 is 2.55 bits per heavy atom. The van der Waals surface area contributed by atoms with Crippen LogP contribution in [0.1, 0.15) is 10.4 Å². The van der Waals surface area contributed by atoms with E-state index >= 15 is 0 Å². The van der Waals surface area contributed by atoms with E-state index in [-0.39, 0.29) is 11.3 Å². The molecule has 20 heavy (non-hydrogen) atoms. The summed E-state index contributed by atoms with van der Waals surface area (Å²) in [7, 11) is 1.47. The van der Waals surface area contributed by atoms with E-state index in [4.69, 9.17) is 38.8 Å². The smallest absolute Gasteiger partial charge is 0.337 e. The number of carboxylic acid groups (broad SMARTS) is 1. The first-order valence-electron chi connectivity index (χ1n) is 5.61. The molecule has 4 nitrogen and oxygen atoms in total. The Bertz CT molecular complexity index is 686. The van der Waals surface area contributed by atoms with E-state index in [1.807, 2.05) is 0 Å². The zero-order valence-corrected chi connectivity index (χ0v) is 12.0. The van der Waals surface area contributed by atoms with Crippen molar-refractivity contribution in [3.63, 3.8) is 0 Å². The van der Waals surface area contributed by atoms with Gasteiger partial charge in [-0.3, -0.25) is 0 Å². The summed E-state index contributed by atoms with van der Waals surface area (Å²) >= 11 is 12.1. The molecule has 0 radical (unpaired) electrons. The normalized spacial score (nSPS) is 10.3. The first kappa shape index (κ1) is 14.5. The molecule has 0 bridgehead atoms. The minimum atomic E-state index is -1.10. The van der Waals surface area contributed by atoms with E-state index in [0.29, 0.717) is 26.9 Å². The molecule has 0 unspecified atom stereocenters. The molecule has 0 heterocycles. The maximum Gasteiger partial charge on any atom is 0.337 e. The van der Waals surface area contributed by atoms with Gasteiger partial charge in [0.05, 0.1) is 23.4 Å². The van der Waals surface area contributed by atoms with E-state index in [2.05, 4.69) is 0 Å². The summed E-state index contributed by atoms with van der Waals surface area (Å²) in [6, 6.07) is 7.89. The number of methoxy groups -OCH3 is 1. The van der Waals surface area contributed by atoms with Crippen molar-refractivity contribution in [1.82, 2.24) is 0 Å². The number of anilines is 1. The Balaban J connectivity index is 2.75. The van der Waals surface area contributed by atoms with Crippen LogP contribution in [0.25, 0.3) is 11.1 Å². The van der Waals surface area contributed by atoms with Crippen molar-refractivity contribution in [2.45, 2.75) is 0 Å². The second-order valence-corrected chi connectivity index (χ2v) is 4.88. The van der Waals surface area contributed by atoms with E-state index in [1.54, 1.807) is 24.3 Å². The molecule has 0 aliphatic rings. The highest BCUT2D eigenvalue weighted by Crippen LogP contribution is 2.41. The number of ether oxygens (including phenoxy) is 1. The zero-order valence-electron chi connectivity index (χ0n) is 10.5. The highest BCUT2D eigenvalue weighted by atomic mass is 35.5. The van der Waals surface area contributed by atoms with Crippen molar-refractivity contribution in [3.05, 3.63) is 45.9 Å². The molecular weight excluding hydrogens is 301 g/mol. The van der Waals surface area contributed by atoms with Crippen LogP contribution in [0.3, 0.4) is 0 Å². The molecule has 0 aliphatic carbocycles.